The second kappa shape index (κ2) is 13.9. The monoisotopic (exact) mass is 628 g/mol. The number of hydrogen-bond donors (Lipinski definition) is 1. The highest BCUT2D eigenvalue weighted by molar-refractivity contribution is 5.79. The predicted molar refractivity (Wildman–Crippen MR) is 166 cm³/mol. The summed E-state index contributed by atoms with van der Waals surface area (Å²) in [6.07, 6.45) is 12.4. The van der Waals surface area contributed by atoms with Gasteiger partial charge in [0.2, 0.25) is 5.91 Å². The number of halogens is 3. The van der Waals surface area contributed by atoms with E-state index in [-0.39, 0.29) is 24.0 Å². The Labute approximate surface area is 264 Å². The fourth-order valence-electron chi connectivity index (χ4n) is 7.87. The van der Waals surface area contributed by atoms with Gasteiger partial charge in [0, 0.05) is 70.6 Å². The molecule has 0 aromatic heterocycles. The Morgan fingerprint density at radius 1 is 0.911 bits per heavy atom. The number of ether oxygens (including phenoxy) is 1. The summed E-state index contributed by atoms with van der Waals surface area (Å²) >= 11 is 0. The summed E-state index contributed by atoms with van der Waals surface area (Å²) in [4.78, 5) is 32.6. The van der Waals surface area contributed by atoms with Crippen molar-refractivity contribution in [2.75, 3.05) is 45.8 Å². The normalized spacial score (nSPS) is 28.0. The highest BCUT2D eigenvalue weighted by atomic mass is 19.4. The molecule has 1 aromatic rings. The molecular weight excluding hydrogens is 581 g/mol. The van der Waals surface area contributed by atoms with Crippen molar-refractivity contribution in [1.82, 2.24) is 20.0 Å². The summed E-state index contributed by atoms with van der Waals surface area (Å²) in [6, 6.07) is 5.62. The average Bonchev–Trinajstić information content (AvgIpc) is 3.33. The fourth-order valence-corrected chi connectivity index (χ4v) is 7.87. The van der Waals surface area contributed by atoms with Crippen LogP contribution in [-0.4, -0.2) is 84.2 Å². The molecule has 3 heterocycles. The average molecular weight is 629 g/mol. The van der Waals surface area contributed by atoms with Crippen LogP contribution in [0.3, 0.4) is 0 Å². The smallest absolute Gasteiger partial charge is 0.416 e. The van der Waals surface area contributed by atoms with Gasteiger partial charge in [0.15, 0.2) is 0 Å². The number of likely N-dealkylation sites (tertiary alicyclic amines) is 2. The molecule has 1 aromatic carbocycles. The number of amides is 2. The van der Waals surface area contributed by atoms with Gasteiger partial charge in [-0.05, 0) is 74.5 Å². The quantitative estimate of drug-likeness (QED) is 0.382. The Balaban J connectivity index is 0.882. The first kappa shape index (κ1) is 32.1. The van der Waals surface area contributed by atoms with Crippen molar-refractivity contribution >= 4 is 12.0 Å². The van der Waals surface area contributed by atoms with E-state index in [4.69, 9.17) is 4.74 Å². The van der Waals surface area contributed by atoms with Gasteiger partial charge in [-0.25, -0.2) is 4.79 Å². The van der Waals surface area contributed by atoms with Crippen LogP contribution in [0, 0.1) is 17.8 Å². The first-order valence-electron chi connectivity index (χ1n) is 16.9. The predicted octanol–water partition coefficient (Wildman–Crippen LogP) is 6.01. The van der Waals surface area contributed by atoms with Gasteiger partial charge in [0.1, 0.15) is 5.60 Å². The van der Waals surface area contributed by atoms with Gasteiger partial charge < -0.3 is 19.9 Å². The lowest BCUT2D eigenvalue weighted by Crippen LogP contribution is -2.48. The Kier molecular flexibility index (Phi) is 9.90. The number of hydrogen-bond acceptors (Lipinski definition) is 5. The molecule has 7 nitrogen and oxygen atoms in total. The molecule has 10 heteroatoms. The second-order valence-electron chi connectivity index (χ2n) is 14.0. The van der Waals surface area contributed by atoms with Crippen molar-refractivity contribution in [2.24, 2.45) is 17.8 Å². The molecule has 45 heavy (non-hydrogen) atoms. The molecule has 1 atom stereocenters. The minimum Gasteiger partial charge on any atom is -0.441 e. The van der Waals surface area contributed by atoms with Gasteiger partial charge in [-0.2, -0.15) is 13.2 Å². The topological polar surface area (TPSA) is 65.1 Å². The minimum atomic E-state index is -4.33. The van der Waals surface area contributed by atoms with E-state index in [2.05, 4.69) is 39.4 Å². The first-order valence-corrected chi connectivity index (χ1v) is 16.9. The molecule has 246 valence electrons. The standard InChI is InChI=1S/C35H47F3N4O3/c36-35(37,38)30-12-8-27(9-13-30)23-41-20-16-34(17-21-41)25-42(33(44)45-34)24-28-6-10-29(11-7-28)32(43)39-31-14-18-40(19-15-31)22-26-4-2-1-3-5-26/h1-4,8-9,12-13,26,28-29,31H,5-7,10-11,14-25H2,(H,39,43). The summed E-state index contributed by atoms with van der Waals surface area (Å²) in [7, 11) is 0. The Morgan fingerprint density at radius 3 is 2.27 bits per heavy atom. The third kappa shape index (κ3) is 8.30. The number of carbonyl (C=O) groups is 2. The molecule has 5 aliphatic rings. The number of nitrogens with zero attached hydrogens (tertiary/aromatic N) is 3. The Hall–Kier alpha value is -2.85. The molecule has 1 saturated carbocycles. The lowest BCUT2D eigenvalue weighted by atomic mass is 9.81. The van der Waals surface area contributed by atoms with E-state index in [0.29, 0.717) is 31.5 Å². The third-order valence-corrected chi connectivity index (χ3v) is 10.7. The van der Waals surface area contributed by atoms with Gasteiger partial charge in [-0.1, -0.05) is 36.4 Å². The van der Waals surface area contributed by atoms with E-state index < -0.39 is 17.3 Å². The maximum Gasteiger partial charge on any atom is 0.416 e. The minimum absolute atomic E-state index is 0.0595. The van der Waals surface area contributed by atoms with Crippen LogP contribution >= 0.6 is 0 Å². The molecule has 3 aliphatic heterocycles. The zero-order valence-corrected chi connectivity index (χ0v) is 26.1. The van der Waals surface area contributed by atoms with Crippen LogP contribution in [0.4, 0.5) is 18.0 Å². The van der Waals surface area contributed by atoms with Gasteiger partial charge in [0.05, 0.1) is 12.1 Å². The van der Waals surface area contributed by atoms with E-state index in [0.717, 1.165) is 108 Å². The molecule has 3 saturated heterocycles. The van der Waals surface area contributed by atoms with Crippen molar-refractivity contribution in [2.45, 2.75) is 82.2 Å². The summed E-state index contributed by atoms with van der Waals surface area (Å²) in [5.41, 5.74) is -0.268. The van der Waals surface area contributed by atoms with Crippen molar-refractivity contribution < 1.29 is 27.5 Å². The molecule has 1 spiro atoms. The van der Waals surface area contributed by atoms with E-state index in [1.165, 1.54) is 0 Å². The molecular formula is C35H47F3N4O3. The molecule has 0 radical (unpaired) electrons. The van der Waals surface area contributed by atoms with Crippen LogP contribution in [0.25, 0.3) is 0 Å². The number of carbonyl (C=O) groups excluding carboxylic acids is 2. The highest BCUT2D eigenvalue weighted by Gasteiger charge is 2.47. The van der Waals surface area contributed by atoms with Gasteiger partial charge >= 0.3 is 12.3 Å². The van der Waals surface area contributed by atoms with E-state index in [9.17, 15) is 22.8 Å². The summed E-state index contributed by atoms with van der Waals surface area (Å²) < 4.78 is 44.6. The number of benzene rings is 1. The number of piperidine rings is 2. The number of nitrogens with one attached hydrogen (secondary N) is 1. The molecule has 0 bridgehead atoms. The summed E-state index contributed by atoms with van der Waals surface area (Å²) in [6.45, 7) is 6.49. The number of allylic oxidation sites excluding steroid dienone is 3. The van der Waals surface area contributed by atoms with Crippen molar-refractivity contribution in [3.05, 3.63) is 59.7 Å². The Bertz CT molecular complexity index is 1230. The van der Waals surface area contributed by atoms with Crippen LogP contribution in [0.1, 0.15) is 68.9 Å². The van der Waals surface area contributed by atoms with Crippen LogP contribution in [0.2, 0.25) is 0 Å². The van der Waals surface area contributed by atoms with E-state index in [1.807, 2.05) is 4.90 Å². The van der Waals surface area contributed by atoms with Crippen LogP contribution in [-0.2, 0) is 22.3 Å². The summed E-state index contributed by atoms with van der Waals surface area (Å²) in [5.74, 6) is 1.24. The van der Waals surface area contributed by atoms with E-state index in [1.54, 1.807) is 12.1 Å². The summed E-state index contributed by atoms with van der Waals surface area (Å²) in [5, 5.41) is 3.35. The second-order valence-corrected chi connectivity index (χ2v) is 14.0. The van der Waals surface area contributed by atoms with Crippen molar-refractivity contribution in [3.8, 4) is 0 Å². The van der Waals surface area contributed by atoms with Gasteiger partial charge in [-0.15, -0.1) is 0 Å². The molecule has 6 rings (SSSR count). The largest absolute Gasteiger partial charge is 0.441 e. The van der Waals surface area contributed by atoms with Crippen molar-refractivity contribution in [3.63, 3.8) is 0 Å². The van der Waals surface area contributed by atoms with Gasteiger partial charge in [0.25, 0.3) is 0 Å². The van der Waals surface area contributed by atoms with Crippen LogP contribution in [0.5, 0.6) is 0 Å². The zero-order valence-electron chi connectivity index (χ0n) is 26.1. The van der Waals surface area contributed by atoms with Crippen molar-refractivity contribution in [1.29, 1.82) is 0 Å². The fraction of sp³-hybridized carbons (Fsp3) is 0.657. The zero-order chi connectivity index (χ0) is 31.4. The highest BCUT2D eigenvalue weighted by Crippen LogP contribution is 2.37. The maximum absolute atomic E-state index is 13.1. The number of rotatable bonds is 8. The van der Waals surface area contributed by atoms with Gasteiger partial charge in [-0.3, -0.25) is 9.69 Å². The molecule has 2 amide bonds. The lowest BCUT2D eigenvalue weighted by molar-refractivity contribution is -0.137. The van der Waals surface area contributed by atoms with Crippen LogP contribution in [0.15, 0.2) is 48.6 Å². The van der Waals surface area contributed by atoms with Crippen LogP contribution < -0.4 is 5.32 Å². The lowest BCUT2D eigenvalue weighted by Gasteiger charge is -2.37. The molecule has 4 fully saturated rings. The maximum atomic E-state index is 13.1. The third-order valence-electron chi connectivity index (χ3n) is 10.7. The number of alkyl halides is 3. The first-order chi connectivity index (χ1) is 21.6. The van der Waals surface area contributed by atoms with E-state index >= 15 is 0 Å². The molecule has 1 unspecified atom stereocenters. The molecule has 2 aliphatic carbocycles. The SMILES string of the molecule is O=C(NC1CCN(CC2C=CC=CC2)CC1)C1CCC(CN2CC3(CCN(Cc4ccc(C(F)(F)F)cc4)CC3)OC2=O)CC1. The Morgan fingerprint density at radius 2 is 1.62 bits per heavy atom. The molecule has 1 N–H and O–H groups in total.